The van der Waals surface area contributed by atoms with Crippen LogP contribution in [0.4, 0.5) is 4.39 Å². The zero-order chi connectivity index (χ0) is 14.1. The molecule has 0 spiro atoms. The summed E-state index contributed by atoms with van der Waals surface area (Å²) in [7, 11) is 0. The van der Waals surface area contributed by atoms with Crippen molar-refractivity contribution in [3.05, 3.63) is 28.5 Å². The predicted octanol–water partition coefficient (Wildman–Crippen LogP) is 3.37. The summed E-state index contributed by atoms with van der Waals surface area (Å²) in [5.74, 6) is -0.0622. The molecule has 5 heteroatoms. The first-order chi connectivity index (χ1) is 9.09. The van der Waals surface area contributed by atoms with Gasteiger partial charge < -0.3 is 14.8 Å². The van der Waals surface area contributed by atoms with Crippen LogP contribution in [0.5, 0.6) is 5.75 Å². The fourth-order valence-corrected chi connectivity index (χ4v) is 1.80. The van der Waals surface area contributed by atoms with Crippen LogP contribution in [-0.2, 0) is 4.74 Å². The van der Waals surface area contributed by atoms with E-state index in [0.29, 0.717) is 17.6 Å². The lowest BCUT2D eigenvalue weighted by molar-refractivity contribution is 0.0769. The van der Waals surface area contributed by atoms with E-state index in [1.807, 2.05) is 13.8 Å². The van der Waals surface area contributed by atoms with E-state index in [1.165, 1.54) is 6.07 Å². The molecule has 0 aliphatic heterocycles. The Balaban J connectivity index is 2.04. The Kier molecular flexibility index (Phi) is 8.02. The predicted molar refractivity (Wildman–Crippen MR) is 78.2 cm³/mol. The van der Waals surface area contributed by atoms with E-state index in [1.54, 1.807) is 12.1 Å². The first-order valence-electron chi connectivity index (χ1n) is 6.49. The normalized spacial score (nSPS) is 11.0. The Morgan fingerprint density at radius 1 is 1.26 bits per heavy atom. The summed E-state index contributed by atoms with van der Waals surface area (Å²) < 4.78 is 24.9. The molecule has 1 aromatic carbocycles. The summed E-state index contributed by atoms with van der Waals surface area (Å²) in [6.45, 7) is 6.81. The van der Waals surface area contributed by atoms with Crippen molar-refractivity contribution < 1.29 is 13.9 Å². The van der Waals surface area contributed by atoms with Gasteiger partial charge in [0.15, 0.2) is 11.6 Å². The third-order valence-corrected chi connectivity index (χ3v) is 2.87. The molecule has 0 aromatic heterocycles. The fraction of sp³-hybridized carbons (Fsp3) is 0.571. The molecule has 108 valence electrons. The van der Waals surface area contributed by atoms with Crippen molar-refractivity contribution in [2.24, 2.45) is 0 Å². The van der Waals surface area contributed by atoms with Crippen molar-refractivity contribution in [3.63, 3.8) is 0 Å². The highest BCUT2D eigenvalue weighted by Crippen LogP contribution is 2.21. The van der Waals surface area contributed by atoms with Gasteiger partial charge in [-0.15, -0.1) is 0 Å². The van der Waals surface area contributed by atoms with Gasteiger partial charge in [-0.1, -0.05) is 15.9 Å². The molecule has 0 bridgehead atoms. The Hall–Kier alpha value is -0.650. The van der Waals surface area contributed by atoms with E-state index >= 15 is 0 Å². The number of benzene rings is 1. The number of ether oxygens (including phenoxy) is 2. The third-order valence-electron chi connectivity index (χ3n) is 2.38. The highest BCUT2D eigenvalue weighted by atomic mass is 79.9. The highest BCUT2D eigenvalue weighted by Gasteiger charge is 2.03. The Bertz CT molecular complexity index is 374. The summed E-state index contributed by atoms with van der Waals surface area (Å²) in [6, 6.07) is 4.77. The molecule has 0 aliphatic rings. The van der Waals surface area contributed by atoms with E-state index in [-0.39, 0.29) is 17.7 Å². The minimum atomic E-state index is -0.347. The van der Waals surface area contributed by atoms with Gasteiger partial charge in [-0.25, -0.2) is 4.39 Å². The molecule has 0 unspecified atom stereocenters. The van der Waals surface area contributed by atoms with Crippen LogP contribution in [0, 0.1) is 5.82 Å². The monoisotopic (exact) mass is 333 g/mol. The average molecular weight is 334 g/mol. The van der Waals surface area contributed by atoms with E-state index in [0.717, 1.165) is 19.6 Å². The van der Waals surface area contributed by atoms with E-state index in [4.69, 9.17) is 9.47 Å². The van der Waals surface area contributed by atoms with Crippen LogP contribution < -0.4 is 10.1 Å². The number of halogens is 2. The summed E-state index contributed by atoms with van der Waals surface area (Å²) >= 11 is 3.20. The highest BCUT2D eigenvalue weighted by molar-refractivity contribution is 9.10. The van der Waals surface area contributed by atoms with Gasteiger partial charge in [-0.3, -0.25) is 0 Å². The molecule has 19 heavy (non-hydrogen) atoms. The van der Waals surface area contributed by atoms with Crippen LogP contribution in [0.15, 0.2) is 22.7 Å². The second-order valence-corrected chi connectivity index (χ2v) is 5.36. The van der Waals surface area contributed by atoms with Gasteiger partial charge in [0.05, 0.1) is 6.10 Å². The molecule has 3 nitrogen and oxygen atoms in total. The maximum Gasteiger partial charge on any atom is 0.166 e. The van der Waals surface area contributed by atoms with Crippen molar-refractivity contribution in [2.75, 3.05) is 26.3 Å². The van der Waals surface area contributed by atoms with Crippen LogP contribution in [-0.4, -0.2) is 32.4 Å². The second kappa shape index (κ2) is 9.28. The Morgan fingerprint density at radius 3 is 2.74 bits per heavy atom. The third kappa shape index (κ3) is 7.50. The SMILES string of the molecule is CC(C)OCCCNCCOc1ccc(Br)cc1F. The number of nitrogens with one attached hydrogen (secondary N) is 1. The smallest absolute Gasteiger partial charge is 0.166 e. The first-order valence-corrected chi connectivity index (χ1v) is 7.29. The van der Waals surface area contributed by atoms with Gasteiger partial charge in [0.1, 0.15) is 6.61 Å². The maximum atomic E-state index is 13.4. The van der Waals surface area contributed by atoms with Crippen molar-refractivity contribution in [1.29, 1.82) is 0 Å². The molecule has 0 atom stereocenters. The molecule has 1 aromatic rings. The standard InChI is InChI=1S/C14H21BrFNO2/c1-11(2)18-8-3-6-17-7-9-19-14-5-4-12(15)10-13(14)16/h4-5,10-11,17H,3,6-9H2,1-2H3. The summed E-state index contributed by atoms with van der Waals surface area (Å²) in [5, 5.41) is 3.22. The van der Waals surface area contributed by atoms with Gasteiger partial charge in [0.25, 0.3) is 0 Å². The van der Waals surface area contributed by atoms with Gasteiger partial charge in [-0.05, 0) is 45.0 Å². The van der Waals surface area contributed by atoms with Crippen molar-refractivity contribution in [2.45, 2.75) is 26.4 Å². The minimum absolute atomic E-state index is 0.281. The lowest BCUT2D eigenvalue weighted by Crippen LogP contribution is -2.23. The average Bonchev–Trinajstić information content (AvgIpc) is 2.34. The van der Waals surface area contributed by atoms with Crippen LogP contribution in [0.1, 0.15) is 20.3 Å². The largest absolute Gasteiger partial charge is 0.489 e. The summed E-state index contributed by atoms with van der Waals surface area (Å²) in [6.07, 6.45) is 1.24. The van der Waals surface area contributed by atoms with Crippen LogP contribution in [0.3, 0.4) is 0 Å². The molecule has 0 saturated carbocycles. The molecule has 0 heterocycles. The fourth-order valence-electron chi connectivity index (χ4n) is 1.47. The van der Waals surface area contributed by atoms with E-state index in [9.17, 15) is 4.39 Å². The second-order valence-electron chi connectivity index (χ2n) is 4.45. The summed E-state index contributed by atoms with van der Waals surface area (Å²) in [4.78, 5) is 0. The number of hydrogen-bond donors (Lipinski definition) is 1. The molecule has 0 fully saturated rings. The maximum absolute atomic E-state index is 13.4. The van der Waals surface area contributed by atoms with Gasteiger partial charge in [-0.2, -0.15) is 0 Å². The topological polar surface area (TPSA) is 30.5 Å². The van der Waals surface area contributed by atoms with Crippen molar-refractivity contribution in [1.82, 2.24) is 5.32 Å². The molecule has 0 saturated heterocycles. The van der Waals surface area contributed by atoms with Gasteiger partial charge in [0, 0.05) is 17.6 Å². The molecule has 1 N–H and O–H groups in total. The zero-order valence-electron chi connectivity index (χ0n) is 11.4. The molecular formula is C14H21BrFNO2. The van der Waals surface area contributed by atoms with E-state index < -0.39 is 0 Å². The molecule has 0 aliphatic carbocycles. The number of rotatable bonds is 9. The van der Waals surface area contributed by atoms with Gasteiger partial charge >= 0.3 is 0 Å². The Morgan fingerprint density at radius 2 is 2.05 bits per heavy atom. The van der Waals surface area contributed by atoms with Crippen LogP contribution >= 0.6 is 15.9 Å². The molecular weight excluding hydrogens is 313 g/mol. The number of hydrogen-bond acceptors (Lipinski definition) is 3. The lowest BCUT2D eigenvalue weighted by atomic mass is 10.3. The summed E-state index contributed by atoms with van der Waals surface area (Å²) in [5.41, 5.74) is 0. The quantitative estimate of drug-likeness (QED) is 0.703. The van der Waals surface area contributed by atoms with Crippen molar-refractivity contribution in [3.8, 4) is 5.75 Å². The molecule has 1 rings (SSSR count). The zero-order valence-corrected chi connectivity index (χ0v) is 13.0. The molecule has 0 amide bonds. The van der Waals surface area contributed by atoms with Crippen LogP contribution in [0.25, 0.3) is 0 Å². The van der Waals surface area contributed by atoms with Gasteiger partial charge in [0.2, 0.25) is 0 Å². The minimum Gasteiger partial charge on any atom is -0.489 e. The van der Waals surface area contributed by atoms with Crippen molar-refractivity contribution >= 4 is 15.9 Å². The first kappa shape index (κ1) is 16.4. The molecule has 0 radical (unpaired) electrons. The van der Waals surface area contributed by atoms with E-state index in [2.05, 4.69) is 21.2 Å². The Labute approximate surface area is 122 Å². The van der Waals surface area contributed by atoms with Crippen LogP contribution in [0.2, 0.25) is 0 Å². The lowest BCUT2D eigenvalue weighted by Gasteiger charge is -2.09.